The molecule has 0 saturated carbocycles. The summed E-state index contributed by atoms with van der Waals surface area (Å²) in [6.07, 6.45) is 1.25. The van der Waals surface area contributed by atoms with Crippen LogP contribution in [0.25, 0.3) is 11.4 Å². The molecule has 0 aliphatic rings. The summed E-state index contributed by atoms with van der Waals surface area (Å²) < 4.78 is 18.4. The number of methoxy groups -OCH3 is 1. The molecule has 7 heteroatoms. The SMILES string of the molecule is COC(=O)c1cnc(-c2cc(F)ccc2Br)nc1N. The van der Waals surface area contributed by atoms with Crippen LogP contribution >= 0.6 is 15.9 Å². The van der Waals surface area contributed by atoms with Crippen LogP contribution in [0, 0.1) is 5.82 Å². The van der Waals surface area contributed by atoms with Crippen LogP contribution in [-0.2, 0) is 4.74 Å². The topological polar surface area (TPSA) is 78.1 Å². The average molecular weight is 326 g/mol. The van der Waals surface area contributed by atoms with Crippen molar-refractivity contribution in [2.45, 2.75) is 0 Å². The lowest BCUT2D eigenvalue weighted by molar-refractivity contribution is 0.0601. The quantitative estimate of drug-likeness (QED) is 0.858. The molecule has 0 aliphatic carbocycles. The van der Waals surface area contributed by atoms with Crippen molar-refractivity contribution in [3.63, 3.8) is 0 Å². The van der Waals surface area contributed by atoms with E-state index in [1.165, 1.54) is 25.4 Å². The van der Waals surface area contributed by atoms with Gasteiger partial charge in [0.1, 0.15) is 17.2 Å². The standard InChI is InChI=1S/C12H9BrFN3O2/c1-19-12(18)8-5-16-11(17-10(8)15)7-4-6(14)2-3-9(7)13/h2-5H,1H3,(H2,15,16,17). The molecule has 0 unspecified atom stereocenters. The molecule has 0 bridgehead atoms. The number of ether oxygens (including phenoxy) is 1. The van der Waals surface area contributed by atoms with Crippen molar-refractivity contribution in [3.8, 4) is 11.4 Å². The molecule has 19 heavy (non-hydrogen) atoms. The van der Waals surface area contributed by atoms with Crippen molar-refractivity contribution in [1.82, 2.24) is 9.97 Å². The summed E-state index contributed by atoms with van der Waals surface area (Å²) in [5.41, 5.74) is 6.18. The van der Waals surface area contributed by atoms with E-state index in [0.29, 0.717) is 10.0 Å². The molecule has 0 aliphatic heterocycles. The van der Waals surface area contributed by atoms with Crippen LogP contribution in [0.1, 0.15) is 10.4 Å². The molecule has 98 valence electrons. The van der Waals surface area contributed by atoms with E-state index in [1.54, 1.807) is 6.07 Å². The Balaban J connectivity index is 2.50. The normalized spacial score (nSPS) is 10.3. The van der Waals surface area contributed by atoms with Gasteiger partial charge in [-0.3, -0.25) is 0 Å². The molecular weight excluding hydrogens is 317 g/mol. The molecule has 0 saturated heterocycles. The zero-order chi connectivity index (χ0) is 14.0. The van der Waals surface area contributed by atoms with E-state index in [4.69, 9.17) is 5.73 Å². The van der Waals surface area contributed by atoms with E-state index >= 15 is 0 Å². The van der Waals surface area contributed by atoms with Gasteiger partial charge in [-0.2, -0.15) is 0 Å². The lowest BCUT2D eigenvalue weighted by Gasteiger charge is -2.06. The number of carbonyl (C=O) groups excluding carboxylic acids is 1. The van der Waals surface area contributed by atoms with Gasteiger partial charge < -0.3 is 10.5 Å². The summed E-state index contributed by atoms with van der Waals surface area (Å²) in [4.78, 5) is 19.3. The summed E-state index contributed by atoms with van der Waals surface area (Å²) in [6.45, 7) is 0. The summed E-state index contributed by atoms with van der Waals surface area (Å²) >= 11 is 3.27. The van der Waals surface area contributed by atoms with Crippen molar-refractivity contribution in [2.24, 2.45) is 0 Å². The van der Waals surface area contributed by atoms with E-state index < -0.39 is 11.8 Å². The number of esters is 1. The van der Waals surface area contributed by atoms with Crippen LogP contribution in [0.4, 0.5) is 10.2 Å². The molecule has 0 atom stereocenters. The minimum atomic E-state index is -0.623. The molecule has 1 aromatic carbocycles. The number of nitrogens with zero attached hydrogens (tertiary/aromatic N) is 2. The second-order valence-electron chi connectivity index (χ2n) is 3.61. The van der Waals surface area contributed by atoms with Crippen LogP contribution in [0.5, 0.6) is 0 Å². The zero-order valence-electron chi connectivity index (χ0n) is 9.85. The van der Waals surface area contributed by atoms with E-state index in [0.717, 1.165) is 0 Å². The summed E-state index contributed by atoms with van der Waals surface area (Å²) in [6, 6.07) is 4.12. The third-order valence-corrected chi connectivity index (χ3v) is 3.08. The Labute approximate surface area is 116 Å². The van der Waals surface area contributed by atoms with Gasteiger partial charge >= 0.3 is 5.97 Å². The first-order valence-corrected chi connectivity index (χ1v) is 5.98. The van der Waals surface area contributed by atoms with Crippen LogP contribution < -0.4 is 5.73 Å². The fourth-order valence-corrected chi connectivity index (χ4v) is 1.88. The number of aromatic nitrogens is 2. The molecule has 0 amide bonds. The molecule has 0 spiro atoms. The highest BCUT2D eigenvalue weighted by Crippen LogP contribution is 2.27. The predicted molar refractivity (Wildman–Crippen MR) is 70.9 cm³/mol. The molecule has 2 rings (SSSR count). The summed E-state index contributed by atoms with van der Waals surface area (Å²) in [5.74, 6) is -0.843. The molecule has 1 aromatic heterocycles. The van der Waals surface area contributed by atoms with Crippen molar-refractivity contribution < 1.29 is 13.9 Å². The number of benzene rings is 1. The Morgan fingerprint density at radius 2 is 2.21 bits per heavy atom. The minimum Gasteiger partial charge on any atom is -0.465 e. The molecule has 5 nitrogen and oxygen atoms in total. The lowest BCUT2D eigenvalue weighted by atomic mass is 10.2. The van der Waals surface area contributed by atoms with Gasteiger partial charge in [-0.1, -0.05) is 15.9 Å². The first-order valence-electron chi connectivity index (χ1n) is 5.19. The Morgan fingerprint density at radius 1 is 1.47 bits per heavy atom. The fraction of sp³-hybridized carbons (Fsp3) is 0.0833. The first kappa shape index (κ1) is 13.4. The van der Waals surface area contributed by atoms with Gasteiger partial charge in [-0.25, -0.2) is 19.2 Å². The highest BCUT2D eigenvalue weighted by molar-refractivity contribution is 9.10. The highest BCUT2D eigenvalue weighted by atomic mass is 79.9. The zero-order valence-corrected chi connectivity index (χ0v) is 11.4. The van der Waals surface area contributed by atoms with Crippen molar-refractivity contribution in [2.75, 3.05) is 12.8 Å². The molecule has 0 radical (unpaired) electrons. The van der Waals surface area contributed by atoms with Crippen LogP contribution in [0.15, 0.2) is 28.9 Å². The van der Waals surface area contributed by atoms with Crippen molar-refractivity contribution in [1.29, 1.82) is 0 Å². The number of hydrogen-bond donors (Lipinski definition) is 1. The lowest BCUT2D eigenvalue weighted by Crippen LogP contribution is -2.09. The number of nitrogens with two attached hydrogens (primary N) is 1. The van der Waals surface area contributed by atoms with Gasteiger partial charge in [0.2, 0.25) is 0 Å². The Hall–Kier alpha value is -2.02. The number of carbonyl (C=O) groups is 1. The molecular formula is C12H9BrFN3O2. The van der Waals surface area contributed by atoms with E-state index in [9.17, 15) is 9.18 Å². The maximum atomic E-state index is 13.2. The first-order chi connectivity index (χ1) is 9.02. The summed E-state index contributed by atoms with van der Waals surface area (Å²) in [7, 11) is 1.23. The predicted octanol–water partition coefficient (Wildman–Crippen LogP) is 2.41. The van der Waals surface area contributed by atoms with Crippen molar-refractivity contribution >= 4 is 27.7 Å². The number of rotatable bonds is 2. The second kappa shape index (κ2) is 5.31. The smallest absolute Gasteiger partial charge is 0.343 e. The number of hydrogen-bond acceptors (Lipinski definition) is 5. The van der Waals surface area contributed by atoms with E-state index in [1.807, 2.05) is 0 Å². The van der Waals surface area contributed by atoms with Crippen molar-refractivity contribution in [3.05, 3.63) is 40.2 Å². The summed E-state index contributed by atoms with van der Waals surface area (Å²) in [5, 5.41) is 0. The van der Waals surface area contributed by atoms with Crippen LogP contribution in [0.3, 0.4) is 0 Å². The minimum absolute atomic E-state index is 0.0204. The Morgan fingerprint density at radius 3 is 2.84 bits per heavy atom. The van der Waals surface area contributed by atoms with Crippen LogP contribution in [0.2, 0.25) is 0 Å². The van der Waals surface area contributed by atoms with Gasteiger partial charge in [-0.15, -0.1) is 0 Å². The third-order valence-electron chi connectivity index (χ3n) is 2.39. The molecule has 2 N–H and O–H groups in total. The fourth-order valence-electron chi connectivity index (χ4n) is 1.46. The monoisotopic (exact) mass is 325 g/mol. The van der Waals surface area contributed by atoms with Gasteiger partial charge in [0, 0.05) is 16.2 Å². The van der Waals surface area contributed by atoms with E-state index in [-0.39, 0.29) is 17.2 Å². The molecule has 1 heterocycles. The second-order valence-corrected chi connectivity index (χ2v) is 4.46. The van der Waals surface area contributed by atoms with Crippen LogP contribution in [-0.4, -0.2) is 23.0 Å². The van der Waals surface area contributed by atoms with E-state index in [2.05, 4.69) is 30.6 Å². The third kappa shape index (κ3) is 2.70. The number of nitrogen functional groups attached to an aromatic ring is 1. The Bertz CT molecular complexity index is 649. The van der Waals surface area contributed by atoms with Gasteiger partial charge in [0.05, 0.1) is 7.11 Å². The largest absolute Gasteiger partial charge is 0.465 e. The average Bonchev–Trinajstić information content (AvgIpc) is 2.40. The number of halogens is 2. The van der Waals surface area contributed by atoms with Gasteiger partial charge in [0.25, 0.3) is 0 Å². The Kier molecular flexibility index (Phi) is 3.75. The van der Waals surface area contributed by atoms with Gasteiger partial charge in [0.15, 0.2) is 5.82 Å². The highest BCUT2D eigenvalue weighted by Gasteiger charge is 2.15. The van der Waals surface area contributed by atoms with Gasteiger partial charge in [-0.05, 0) is 18.2 Å². The maximum Gasteiger partial charge on any atom is 0.343 e. The maximum absolute atomic E-state index is 13.2. The molecule has 0 fully saturated rings. The number of anilines is 1. The molecule has 2 aromatic rings.